The highest BCUT2D eigenvalue weighted by molar-refractivity contribution is 6.00. The highest BCUT2D eigenvalue weighted by Crippen LogP contribution is 2.20. The molecular formula is C22H21F3N4O2. The first-order valence-corrected chi connectivity index (χ1v) is 9.66. The summed E-state index contributed by atoms with van der Waals surface area (Å²) in [6.07, 6.45) is 2.00. The molecule has 0 aliphatic rings. The lowest BCUT2D eigenvalue weighted by Gasteiger charge is -2.21. The zero-order valence-electron chi connectivity index (χ0n) is 17.0. The Morgan fingerprint density at radius 3 is 2.45 bits per heavy atom. The molecule has 0 saturated carbocycles. The molecule has 0 unspecified atom stereocenters. The molecule has 162 valence electrons. The maximum Gasteiger partial charge on any atom is 0.257 e. The van der Waals surface area contributed by atoms with Crippen LogP contribution in [0, 0.1) is 24.4 Å². The van der Waals surface area contributed by atoms with Crippen LogP contribution >= 0.6 is 0 Å². The van der Waals surface area contributed by atoms with Crippen molar-refractivity contribution < 1.29 is 22.8 Å². The molecule has 2 amide bonds. The monoisotopic (exact) mass is 430 g/mol. The fourth-order valence-corrected chi connectivity index (χ4v) is 3.13. The van der Waals surface area contributed by atoms with E-state index in [1.807, 2.05) is 37.3 Å². The van der Waals surface area contributed by atoms with Gasteiger partial charge in [-0.3, -0.25) is 9.59 Å². The third-order valence-electron chi connectivity index (χ3n) is 4.67. The van der Waals surface area contributed by atoms with Crippen LogP contribution in [0.3, 0.4) is 0 Å². The van der Waals surface area contributed by atoms with Crippen molar-refractivity contribution in [3.8, 4) is 5.69 Å². The molecule has 0 spiro atoms. The number of aromatic nitrogens is 2. The number of nitrogens with one attached hydrogen (secondary N) is 1. The zero-order valence-corrected chi connectivity index (χ0v) is 17.0. The summed E-state index contributed by atoms with van der Waals surface area (Å²) in [6.45, 7) is 3.46. The van der Waals surface area contributed by atoms with Crippen LogP contribution in [0.5, 0.6) is 0 Å². The largest absolute Gasteiger partial charge is 0.329 e. The minimum atomic E-state index is -1.68. The molecule has 1 heterocycles. The normalized spacial score (nSPS) is 10.7. The Labute approximate surface area is 177 Å². The third-order valence-corrected chi connectivity index (χ3v) is 4.67. The van der Waals surface area contributed by atoms with Crippen LogP contribution < -0.4 is 5.32 Å². The van der Waals surface area contributed by atoms with E-state index in [0.717, 1.165) is 11.8 Å². The lowest BCUT2D eigenvalue weighted by atomic mass is 10.2. The second-order valence-electron chi connectivity index (χ2n) is 6.89. The van der Waals surface area contributed by atoms with Crippen LogP contribution in [0.25, 0.3) is 5.69 Å². The summed E-state index contributed by atoms with van der Waals surface area (Å²) < 4.78 is 41.9. The van der Waals surface area contributed by atoms with Gasteiger partial charge in [-0.05, 0) is 37.6 Å². The molecular weight excluding hydrogens is 409 g/mol. The minimum Gasteiger partial charge on any atom is -0.329 e. The maximum atomic E-state index is 13.8. The second-order valence-corrected chi connectivity index (χ2v) is 6.89. The van der Waals surface area contributed by atoms with E-state index >= 15 is 0 Å². The van der Waals surface area contributed by atoms with Crippen LogP contribution in [-0.2, 0) is 4.79 Å². The van der Waals surface area contributed by atoms with Gasteiger partial charge >= 0.3 is 0 Å². The lowest BCUT2D eigenvalue weighted by Crippen LogP contribution is -2.38. The Morgan fingerprint density at radius 1 is 1.06 bits per heavy atom. The molecule has 0 fully saturated rings. The quantitative estimate of drug-likeness (QED) is 0.574. The summed E-state index contributed by atoms with van der Waals surface area (Å²) in [5.41, 5.74) is 1.21. The first kappa shape index (κ1) is 22.1. The number of nitrogens with zero attached hydrogens (tertiary/aromatic N) is 3. The molecule has 6 nitrogen and oxygen atoms in total. The van der Waals surface area contributed by atoms with Crippen molar-refractivity contribution in [1.82, 2.24) is 14.7 Å². The van der Waals surface area contributed by atoms with Crippen LogP contribution in [0.4, 0.5) is 18.9 Å². The molecule has 0 aliphatic carbocycles. The Bertz CT molecular complexity index is 1100. The number of para-hydroxylation sites is 1. The minimum absolute atomic E-state index is 0.266. The number of hydrogen-bond donors (Lipinski definition) is 1. The van der Waals surface area contributed by atoms with Crippen LogP contribution in [0.15, 0.2) is 48.7 Å². The Kier molecular flexibility index (Phi) is 6.74. The Morgan fingerprint density at radius 2 is 1.77 bits per heavy atom. The first-order valence-electron chi connectivity index (χ1n) is 9.66. The number of halogens is 3. The van der Waals surface area contributed by atoms with Gasteiger partial charge in [-0.25, -0.2) is 17.9 Å². The van der Waals surface area contributed by atoms with Gasteiger partial charge in [0.25, 0.3) is 5.91 Å². The van der Waals surface area contributed by atoms with E-state index in [4.69, 9.17) is 0 Å². The smallest absolute Gasteiger partial charge is 0.257 e. The maximum absolute atomic E-state index is 13.8. The van der Waals surface area contributed by atoms with Crippen LogP contribution in [0.1, 0.15) is 29.4 Å². The fourth-order valence-electron chi connectivity index (χ4n) is 3.13. The van der Waals surface area contributed by atoms with Gasteiger partial charge in [0, 0.05) is 6.54 Å². The van der Waals surface area contributed by atoms with E-state index in [-0.39, 0.29) is 13.1 Å². The van der Waals surface area contributed by atoms with E-state index in [1.165, 1.54) is 11.1 Å². The van der Waals surface area contributed by atoms with Crippen molar-refractivity contribution >= 4 is 17.5 Å². The van der Waals surface area contributed by atoms with Crippen molar-refractivity contribution in [3.63, 3.8) is 0 Å². The number of anilines is 1. The van der Waals surface area contributed by atoms with Gasteiger partial charge in [-0.2, -0.15) is 5.10 Å². The molecule has 3 aromatic rings. The average molecular weight is 430 g/mol. The fraction of sp³-hybridized carbons (Fsp3) is 0.227. The SMILES string of the molecule is CCCN(CC(=O)Nc1ccc(F)c(F)c1F)C(=O)c1cnn(-c2ccccc2)c1C. The number of benzene rings is 2. The summed E-state index contributed by atoms with van der Waals surface area (Å²) in [5.74, 6) is -5.68. The molecule has 3 rings (SSSR count). The number of amides is 2. The van der Waals surface area contributed by atoms with Crippen LogP contribution in [-0.4, -0.2) is 39.6 Å². The van der Waals surface area contributed by atoms with Gasteiger partial charge in [-0.1, -0.05) is 25.1 Å². The van der Waals surface area contributed by atoms with Gasteiger partial charge in [0.15, 0.2) is 17.5 Å². The van der Waals surface area contributed by atoms with Crippen molar-refractivity contribution in [2.45, 2.75) is 20.3 Å². The van der Waals surface area contributed by atoms with Gasteiger partial charge in [0.2, 0.25) is 5.91 Å². The summed E-state index contributed by atoms with van der Waals surface area (Å²) >= 11 is 0. The summed E-state index contributed by atoms with van der Waals surface area (Å²) in [7, 11) is 0. The topological polar surface area (TPSA) is 67.2 Å². The molecule has 1 aromatic heterocycles. The lowest BCUT2D eigenvalue weighted by molar-refractivity contribution is -0.116. The van der Waals surface area contributed by atoms with Gasteiger partial charge < -0.3 is 10.2 Å². The molecule has 2 aromatic carbocycles. The first-order chi connectivity index (χ1) is 14.8. The van der Waals surface area contributed by atoms with E-state index < -0.39 is 35.0 Å². The highest BCUT2D eigenvalue weighted by atomic mass is 19.2. The zero-order chi connectivity index (χ0) is 22.5. The van der Waals surface area contributed by atoms with E-state index in [1.54, 1.807) is 11.6 Å². The molecule has 0 atom stereocenters. The van der Waals surface area contributed by atoms with Gasteiger partial charge in [-0.15, -0.1) is 0 Å². The predicted octanol–water partition coefficient (Wildman–Crippen LogP) is 4.09. The van der Waals surface area contributed by atoms with Crippen molar-refractivity contribution in [2.24, 2.45) is 0 Å². The second kappa shape index (κ2) is 9.46. The third kappa shape index (κ3) is 4.76. The summed E-state index contributed by atoms with van der Waals surface area (Å²) in [6, 6.07) is 10.9. The van der Waals surface area contributed by atoms with Crippen LogP contribution in [0.2, 0.25) is 0 Å². The van der Waals surface area contributed by atoms with Gasteiger partial charge in [0.1, 0.15) is 6.54 Å². The molecule has 0 radical (unpaired) electrons. The Balaban J connectivity index is 1.78. The standard InChI is InChI=1S/C22H21F3N4O2/c1-3-11-28(13-19(30)27-18-10-9-17(23)20(24)21(18)25)22(31)16-12-26-29(14(16)2)15-7-5-4-6-8-15/h4-10,12H,3,11,13H2,1-2H3,(H,27,30). The Hall–Kier alpha value is -3.62. The molecule has 0 aliphatic heterocycles. The van der Waals surface area contributed by atoms with E-state index in [2.05, 4.69) is 10.4 Å². The van der Waals surface area contributed by atoms with Crippen molar-refractivity contribution in [2.75, 3.05) is 18.4 Å². The number of carbonyl (C=O) groups is 2. The molecule has 1 N–H and O–H groups in total. The molecule has 0 saturated heterocycles. The highest BCUT2D eigenvalue weighted by Gasteiger charge is 2.23. The number of rotatable bonds is 7. The van der Waals surface area contributed by atoms with Gasteiger partial charge in [0.05, 0.1) is 28.8 Å². The van der Waals surface area contributed by atoms with Crippen molar-refractivity contribution in [3.05, 3.63) is 77.4 Å². The molecule has 31 heavy (non-hydrogen) atoms. The van der Waals surface area contributed by atoms with E-state index in [0.29, 0.717) is 23.7 Å². The average Bonchev–Trinajstić information content (AvgIpc) is 3.15. The predicted molar refractivity (Wildman–Crippen MR) is 109 cm³/mol. The summed E-state index contributed by atoms with van der Waals surface area (Å²) in [4.78, 5) is 26.7. The van der Waals surface area contributed by atoms with Crippen molar-refractivity contribution in [1.29, 1.82) is 0 Å². The summed E-state index contributed by atoms with van der Waals surface area (Å²) in [5, 5.41) is 6.45. The number of carbonyl (C=O) groups excluding carboxylic acids is 2. The van der Waals surface area contributed by atoms with E-state index in [9.17, 15) is 22.8 Å². The molecule has 9 heteroatoms. The number of hydrogen-bond acceptors (Lipinski definition) is 3. The molecule has 0 bridgehead atoms.